The van der Waals surface area contributed by atoms with Crippen molar-refractivity contribution in [1.82, 2.24) is 9.78 Å². The van der Waals surface area contributed by atoms with E-state index in [9.17, 15) is 18.0 Å². The Hall–Kier alpha value is -1.73. The smallest absolute Gasteiger partial charge is 0.435 e. The molecule has 84 valence electrons. The number of ether oxygens (including phenoxy) is 1. The summed E-state index contributed by atoms with van der Waals surface area (Å²) in [5.41, 5.74) is -1.12. The third kappa shape index (κ3) is 2.86. The van der Waals surface area contributed by atoms with Crippen LogP contribution in [0.5, 0.6) is 5.88 Å². The average molecular weight is 224 g/mol. The molecule has 0 radical (unpaired) electrons. The first-order chi connectivity index (χ1) is 6.80. The summed E-state index contributed by atoms with van der Waals surface area (Å²) < 4.78 is 41.8. The van der Waals surface area contributed by atoms with E-state index in [4.69, 9.17) is 5.11 Å². The van der Waals surface area contributed by atoms with Crippen molar-refractivity contribution in [3.8, 4) is 5.88 Å². The van der Waals surface area contributed by atoms with Crippen LogP contribution < -0.4 is 4.74 Å². The zero-order chi connectivity index (χ0) is 11.6. The number of alkyl halides is 3. The van der Waals surface area contributed by atoms with Gasteiger partial charge in [0, 0.05) is 13.1 Å². The van der Waals surface area contributed by atoms with Crippen LogP contribution in [0.25, 0.3) is 0 Å². The van der Waals surface area contributed by atoms with Crippen molar-refractivity contribution in [1.29, 1.82) is 0 Å². The first-order valence-corrected chi connectivity index (χ1v) is 3.76. The highest BCUT2D eigenvalue weighted by Gasteiger charge is 2.34. The number of halogens is 3. The minimum Gasteiger partial charge on any atom is -0.479 e. The molecule has 0 bridgehead atoms. The Morgan fingerprint density at radius 3 is 2.67 bits per heavy atom. The van der Waals surface area contributed by atoms with E-state index in [2.05, 4.69) is 9.84 Å². The van der Waals surface area contributed by atoms with E-state index in [1.54, 1.807) is 0 Å². The maximum Gasteiger partial charge on any atom is 0.435 e. The quantitative estimate of drug-likeness (QED) is 0.828. The minimum atomic E-state index is -4.57. The highest BCUT2D eigenvalue weighted by Crippen LogP contribution is 2.30. The van der Waals surface area contributed by atoms with Gasteiger partial charge in [-0.2, -0.15) is 18.3 Å². The van der Waals surface area contributed by atoms with E-state index >= 15 is 0 Å². The summed E-state index contributed by atoms with van der Waals surface area (Å²) in [6, 6.07) is 0.642. The molecule has 0 saturated carbocycles. The molecule has 1 rings (SSSR count). The standard InChI is InChI=1S/C7H7F3N2O3/c1-12-5(15-3-6(13)14)2-4(11-12)7(8,9)10/h2H,3H2,1H3,(H,13,14). The number of aromatic nitrogens is 2. The highest BCUT2D eigenvalue weighted by atomic mass is 19.4. The second-order valence-electron chi connectivity index (χ2n) is 2.67. The molecule has 0 amide bonds. The van der Waals surface area contributed by atoms with Gasteiger partial charge in [-0.3, -0.25) is 0 Å². The maximum absolute atomic E-state index is 12.1. The highest BCUT2D eigenvalue weighted by molar-refractivity contribution is 5.68. The Kier molecular flexibility index (Phi) is 2.87. The SMILES string of the molecule is Cn1nc(C(F)(F)F)cc1OCC(=O)O. The van der Waals surface area contributed by atoms with Crippen LogP contribution in [-0.4, -0.2) is 27.5 Å². The molecule has 1 heterocycles. The molecule has 0 aromatic carbocycles. The van der Waals surface area contributed by atoms with E-state index in [1.807, 2.05) is 0 Å². The lowest BCUT2D eigenvalue weighted by Gasteiger charge is -2.00. The van der Waals surface area contributed by atoms with E-state index in [0.29, 0.717) is 6.07 Å². The summed E-state index contributed by atoms with van der Waals surface area (Å²) in [6.07, 6.45) is -4.57. The Labute approximate surface area is 82.1 Å². The van der Waals surface area contributed by atoms with Gasteiger partial charge in [0.05, 0.1) is 0 Å². The summed E-state index contributed by atoms with van der Waals surface area (Å²) in [7, 11) is 1.23. The largest absolute Gasteiger partial charge is 0.479 e. The number of carboxylic acid groups (broad SMARTS) is 1. The van der Waals surface area contributed by atoms with Gasteiger partial charge in [-0.05, 0) is 0 Å². The van der Waals surface area contributed by atoms with Crippen LogP contribution in [0.4, 0.5) is 13.2 Å². The van der Waals surface area contributed by atoms with E-state index in [0.717, 1.165) is 4.68 Å². The molecule has 1 aromatic rings. The summed E-state index contributed by atoms with van der Waals surface area (Å²) >= 11 is 0. The topological polar surface area (TPSA) is 64.4 Å². The van der Waals surface area contributed by atoms with Crippen LogP contribution >= 0.6 is 0 Å². The van der Waals surface area contributed by atoms with Gasteiger partial charge in [-0.25, -0.2) is 9.48 Å². The van der Waals surface area contributed by atoms with Gasteiger partial charge in [0.1, 0.15) is 0 Å². The molecule has 0 spiro atoms. The predicted molar refractivity (Wildman–Crippen MR) is 41.3 cm³/mol. The number of carboxylic acids is 1. The van der Waals surface area contributed by atoms with Gasteiger partial charge in [0.2, 0.25) is 5.88 Å². The molecule has 15 heavy (non-hydrogen) atoms. The lowest BCUT2D eigenvalue weighted by molar-refractivity contribution is -0.141. The number of carbonyl (C=O) groups is 1. The van der Waals surface area contributed by atoms with Crippen LogP contribution in [0.2, 0.25) is 0 Å². The molecule has 0 aliphatic heterocycles. The number of aryl methyl sites for hydroxylation is 1. The first kappa shape index (κ1) is 11.3. The van der Waals surface area contributed by atoms with Gasteiger partial charge in [0.25, 0.3) is 0 Å². The lowest BCUT2D eigenvalue weighted by Crippen LogP contribution is -2.11. The average Bonchev–Trinajstić information content (AvgIpc) is 2.42. The van der Waals surface area contributed by atoms with Crippen molar-refractivity contribution in [2.45, 2.75) is 6.18 Å². The zero-order valence-electron chi connectivity index (χ0n) is 7.58. The number of rotatable bonds is 3. The molecule has 1 N–H and O–H groups in total. The van der Waals surface area contributed by atoms with Crippen LogP contribution in [0, 0.1) is 0 Å². The van der Waals surface area contributed by atoms with Gasteiger partial charge in [-0.1, -0.05) is 0 Å². The van der Waals surface area contributed by atoms with Gasteiger partial charge in [0.15, 0.2) is 12.3 Å². The summed E-state index contributed by atoms with van der Waals surface area (Å²) in [5.74, 6) is -1.52. The number of hydrogen-bond donors (Lipinski definition) is 1. The second kappa shape index (κ2) is 3.79. The molecule has 0 unspecified atom stereocenters. The molecular weight excluding hydrogens is 217 g/mol. The molecule has 1 aromatic heterocycles. The number of nitrogens with zero attached hydrogens (tertiary/aromatic N) is 2. The molecule has 5 nitrogen and oxygen atoms in total. The third-order valence-corrected chi connectivity index (χ3v) is 1.47. The Morgan fingerprint density at radius 1 is 1.67 bits per heavy atom. The maximum atomic E-state index is 12.1. The summed E-state index contributed by atoms with van der Waals surface area (Å²) in [6.45, 7) is -0.711. The second-order valence-corrected chi connectivity index (χ2v) is 2.67. The summed E-state index contributed by atoms with van der Waals surface area (Å²) in [5, 5.41) is 11.4. The van der Waals surface area contributed by atoms with Crippen LogP contribution in [0.3, 0.4) is 0 Å². The van der Waals surface area contributed by atoms with Crippen molar-refractivity contribution in [3.63, 3.8) is 0 Å². The van der Waals surface area contributed by atoms with Crippen molar-refractivity contribution >= 4 is 5.97 Å². The predicted octanol–water partition coefficient (Wildman–Crippen LogP) is 0.902. The van der Waals surface area contributed by atoms with Gasteiger partial charge >= 0.3 is 12.1 Å². The molecule has 8 heteroatoms. The van der Waals surface area contributed by atoms with Crippen molar-refractivity contribution in [2.24, 2.45) is 7.05 Å². The molecular formula is C7H7F3N2O3. The zero-order valence-corrected chi connectivity index (χ0v) is 7.58. The Morgan fingerprint density at radius 2 is 2.27 bits per heavy atom. The number of aliphatic carboxylic acids is 1. The van der Waals surface area contributed by atoms with Crippen LogP contribution in [0.1, 0.15) is 5.69 Å². The normalized spacial score (nSPS) is 11.5. The van der Waals surface area contributed by atoms with Gasteiger partial charge in [-0.15, -0.1) is 0 Å². The van der Waals surface area contributed by atoms with Crippen molar-refractivity contribution < 1.29 is 27.8 Å². The fourth-order valence-corrected chi connectivity index (χ4v) is 0.859. The minimum absolute atomic E-state index is 0.246. The van der Waals surface area contributed by atoms with E-state index < -0.39 is 24.4 Å². The van der Waals surface area contributed by atoms with Crippen LogP contribution in [-0.2, 0) is 18.0 Å². The Balaban J connectivity index is 2.82. The third-order valence-electron chi connectivity index (χ3n) is 1.47. The van der Waals surface area contributed by atoms with E-state index in [-0.39, 0.29) is 5.88 Å². The Bertz CT molecular complexity index is 372. The number of hydrogen-bond acceptors (Lipinski definition) is 3. The van der Waals surface area contributed by atoms with Gasteiger partial charge < -0.3 is 9.84 Å². The fraction of sp³-hybridized carbons (Fsp3) is 0.429. The van der Waals surface area contributed by atoms with E-state index in [1.165, 1.54) is 7.05 Å². The monoisotopic (exact) mass is 224 g/mol. The molecule has 0 atom stereocenters. The molecule has 0 aliphatic carbocycles. The fourth-order valence-electron chi connectivity index (χ4n) is 0.859. The van der Waals surface area contributed by atoms with Crippen LogP contribution in [0.15, 0.2) is 6.07 Å². The molecule has 0 saturated heterocycles. The molecule has 0 fully saturated rings. The first-order valence-electron chi connectivity index (χ1n) is 3.76. The van der Waals surface area contributed by atoms with Crippen molar-refractivity contribution in [2.75, 3.05) is 6.61 Å². The molecule has 0 aliphatic rings. The van der Waals surface area contributed by atoms with Crippen molar-refractivity contribution in [3.05, 3.63) is 11.8 Å². The lowest BCUT2D eigenvalue weighted by atomic mass is 10.4. The summed E-state index contributed by atoms with van der Waals surface area (Å²) in [4.78, 5) is 10.1.